The maximum atomic E-state index is 11.8. The molecule has 0 spiro atoms. The van der Waals surface area contributed by atoms with E-state index in [0.717, 1.165) is 5.92 Å². The summed E-state index contributed by atoms with van der Waals surface area (Å²) in [6.45, 7) is 8.23. The Morgan fingerprint density at radius 3 is 2.59 bits per heavy atom. The highest BCUT2D eigenvalue weighted by atomic mass is 16.2. The van der Waals surface area contributed by atoms with Crippen molar-refractivity contribution in [1.82, 2.24) is 10.6 Å². The van der Waals surface area contributed by atoms with Crippen molar-refractivity contribution in [1.29, 1.82) is 0 Å². The smallest absolute Gasteiger partial charge is 0.237 e. The minimum absolute atomic E-state index is 0.0713. The summed E-state index contributed by atoms with van der Waals surface area (Å²) in [5, 5.41) is 6.43. The van der Waals surface area contributed by atoms with E-state index in [1.165, 1.54) is 32.1 Å². The SMILES string of the molecule is CCC1CCCC(NC(C)C(=O)NC(C)C)C1. The maximum absolute atomic E-state index is 11.8. The van der Waals surface area contributed by atoms with Gasteiger partial charge in [-0.05, 0) is 39.5 Å². The van der Waals surface area contributed by atoms with Gasteiger partial charge in [0.25, 0.3) is 0 Å². The van der Waals surface area contributed by atoms with Crippen molar-refractivity contribution >= 4 is 5.91 Å². The fourth-order valence-corrected chi connectivity index (χ4v) is 2.65. The molecule has 3 atom stereocenters. The van der Waals surface area contributed by atoms with Gasteiger partial charge < -0.3 is 10.6 Å². The van der Waals surface area contributed by atoms with Crippen LogP contribution in [0.2, 0.25) is 0 Å². The molecule has 100 valence electrons. The normalized spacial score (nSPS) is 26.9. The summed E-state index contributed by atoms with van der Waals surface area (Å²) < 4.78 is 0. The van der Waals surface area contributed by atoms with E-state index < -0.39 is 0 Å². The highest BCUT2D eigenvalue weighted by molar-refractivity contribution is 5.81. The first-order valence-electron chi connectivity index (χ1n) is 7.09. The number of hydrogen-bond donors (Lipinski definition) is 2. The third kappa shape index (κ3) is 5.07. The Morgan fingerprint density at radius 1 is 1.29 bits per heavy atom. The van der Waals surface area contributed by atoms with Crippen LogP contribution in [0.15, 0.2) is 0 Å². The van der Waals surface area contributed by atoms with Crippen molar-refractivity contribution in [3.8, 4) is 0 Å². The van der Waals surface area contributed by atoms with Crippen LogP contribution in [0.1, 0.15) is 59.8 Å². The first-order valence-corrected chi connectivity index (χ1v) is 7.09. The third-order valence-corrected chi connectivity index (χ3v) is 3.67. The van der Waals surface area contributed by atoms with E-state index in [2.05, 4.69) is 17.6 Å². The van der Waals surface area contributed by atoms with Gasteiger partial charge in [0, 0.05) is 12.1 Å². The molecular weight excluding hydrogens is 212 g/mol. The van der Waals surface area contributed by atoms with Gasteiger partial charge in [-0.15, -0.1) is 0 Å². The highest BCUT2D eigenvalue weighted by Crippen LogP contribution is 2.26. The largest absolute Gasteiger partial charge is 0.353 e. The van der Waals surface area contributed by atoms with Crippen LogP contribution in [0.5, 0.6) is 0 Å². The Kier molecular flexibility index (Phi) is 5.96. The predicted octanol–water partition coefficient (Wildman–Crippen LogP) is 2.46. The van der Waals surface area contributed by atoms with Crippen LogP contribution in [0.25, 0.3) is 0 Å². The molecule has 1 aliphatic carbocycles. The second-order valence-electron chi connectivity index (χ2n) is 5.69. The molecule has 0 saturated heterocycles. The lowest BCUT2D eigenvalue weighted by molar-refractivity contribution is -0.123. The molecule has 1 saturated carbocycles. The number of carbonyl (C=O) groups is 1. The van der Waals surface area contributed by atoms with Crippen molar-refractivity contribution in [2.24, 2.45) is 5.92 Å². The van der Waals surface area contributed by atoms with E-state index in [9.17, 15) is 4.79 Å². The summed E-state index contributed by atoms with van der Waals surface area (Å²) in [6.07, 6.45) is 6.38. The van der Waals surface area contributed by atoms with Gasteiger partial charge in [0.05, 0.1) is 6.04 Å². The fraction of sp³-hybridized carbons (Fsp3) is 0.929. The lowest BCUT2D eigenvalue weighted by Crippen LogP contribution is -2.49. The predicted molar refractivity (Wildman–Crippen MR) is 71.9 cm³/mol. The topological polar surface area (TPSA) is 41.1 Å². The van der Waals surface area contributed by atoms with E-state index >= 15 is 0 Å². The van der Waals surface area contributed by atoms with Gasteiger partial charge in [0.2, 0.25) is 5.91 Å². The zero-order valence-electron chi connectivity index (χ0n) is 11.8. The van der Waals surface area contributed by atoms with Gasteiger partial charge in [-0.3, -0.25) is 4.79 Å². The Morgan fingerprint density at radius 2 is 2.00 bits per heavy atom. The highest BCUT2D eigenvalue weighted by Gasteiger charge is 2.24. The molecule has 3 unspecified atom stereocenters. The van der Waals surface area contributed by atoms with Gasteiger partial charge in [-0.2, -0.15) is 0 Å². The minimum Gasteiger partial charge on any atom is -0.353 e. The molecule has 1 amide bonds. The molecule has 1 rings (SSSR count). The number of carbonyl (C=O) groups excluding carboxylic acids is 1. The van der Waals surface area contributed by atoms with Crippen molar-refractivity contribution in [3.05, 3.63) is 0 Å². The Labute approximate surface area is 106 Å². The fourth-order valence-electron chi connectivity index (χ4n) is 2.65. The number of hydrogen-bond acceptors (Lipinski definition) is 2. The number of rotatable bonds is 5. The summed E-state index contributed by atoms with van der Waals surface area (Å²) in [6, 6.07) is 0.682. The molecule has 2 N–H and O–H groups in total. The average molecular weight is 240 g/mol. The van der Waals surface area contributed by atoms with Gasteiger partial charge in [0.15, 0.2) is 0 Å². The molecule has 3 heteroatoms. The minimum atomic E-state index is -0.0713. The lowest BCUT2D eigenvalue weighted by atomic mass is 9.84. The lowest BCUT2D eigenvalue weighted by Gasteiger charge is -2.31. The molecule has 0 radical (unpaired) electrons. The zero-order valence-corrected chi connectivity index (χ0v) is 11.8. The maximum Gasteiger partial charge on any atom is 0.237 e. The van der Waals surface area contributed by atoms with Crippen LogP contribution in [0.3, 0.4) is 0 Å². The van der Waals surface area contributed by atoms with E-state index in [1.807, 2.05) is 20.8 Å². The molecule has 0 aromatic heterocycles. The molecule has 0 aromatic carbocycles. The van der Waals surface area contributed by atoms with Crippen LogP contribution < -0.4 is 10.6 Å². The Hall–Kier alpha value is -0.570. The summed E-state index contributed by atoms with van der Waals surface area (Å²) in [7, 11) is 0. The molecule has 0 bridgehead atoms. The first kappa shape index (κ1) is 14.5. The third-order valence-electron chi connectivity index (χ3n) is 3.67. The van der Waals surface area contributed by atoms with Gasteiger partial charge >= 0.3 is 0 Å². The summed E-state index contributed by atoms with van der Waals surface area (Å²) in [4.78, 5) is 11.8. The molecule has 1 fully saturated rings. The van der Waals surface area contributed by atoms with E-state index in [1.54, 1.807) is 0 Å². The van der Waals surface area contributed by atoms with E-state index in [4.69, 9.17) is 0 Å². The van der Waals surface area contributed by atoms with E-state index in [-0.39, 0.29) is 18.0 Å². The monoisotopic (exact) mass is 240 g/mol. The molecular formula is C14H28N2O. The van der Waals surface area contributed by atoms with Crippen molar-refractivity contribution in [2.45, 2.75) is 77.9 Å². The van der Waals surface area contributed by atoms with Crippen LogP contribution >= 0.6 is 0 Å². The van der Waals surface area contributed by atoms with Gasteiger partial charge in [-0.1, -0.05) is 26.2 Å². The van der Waals surface area contributed by atoms with Crippen LogP contribution in [-0.4, -0.2) is 24.0 Å². The summed E-state index contributed by atoms with van der Waals surface area (Å²) >= 11 is 0. The summed E-state index contributed by atoms with van der Waals surface area (Å²) in [5.41, 5.74) is 0. The number of amides is 1. The molecule has 0 aliphatic heterocycles. The quantitative estimate of drug-likeness (QED) is 0.775. The molecule has 0 heterocycles. The van der Waals surface area contributed by atoms with Crippen molar-refractivity contribution in [3.63, 3.8) is 0 Å². The average Bonchev–Trinajstić information content (AvgIpc) is 2.28. The van der Waals surface area contributed by atoms with Crippen LogP contribution in [0.4, 0.5) is 0 Å². The standard InChI is InChI=1S/C14H28N2O/c1-5-12-7-6-8-13(9-12)16-11(4)14(17)15-10(2)3/h10-13,16H,5-9H2,1-4H3,(H,15,17). The van der Waals surface area contributed by atoms with Crippen molar-refractivity contribution < 1.29 is 4.79 Å². The van der Waals surface area contributed by atoms with Gasteiger partial charge in [-0.25, -0.2) is 0 Å². The zero-order chi connectivity index (χ0) is 12.8. The molecule has 3 nitrogen and oxygen atoms in total. The number of nitrogens with one attached hydrogen (secondary N) is 2. The second-order valence-corrected chi connectivity index (χ2v) is 5.69. The van der Waals surface area contributed by atoms with Crippen LogP contribution in [0, 0.1) is 5.92 Å². The second kappa shape index (κ2) is 7.00. The molecule has 17 heavy (non-hydrogen) atoms. The summed E-state index contributed by atoms with van der Waals surface area (Å²) in [5.74, 6) is 0.972. The van der Waals surface area contributed by atoms with E-state index in [0.29, 0.717) is 6.04 Å². The van der Waals surface area contributed by atoms with Crippen LogP contribution in [-0.2, 0) is 4.79 Å². The molecule has 1 aliphatic rings. The van der Waals surface area contributed by atoms with Crippen molar-refractivity contribution in [2.75, 3.05) is 0 Å². The Balaban J connectivity index is 2.34. The first-order chi connectivity index (χ1) is 8.02. The van der Waals surface area contributed by atoms with Gasteiger partial charge in [0.1, 0.15) is 0 Å². The molecule has 0 aromatic rings. The Bertz CT molecular complexity index is 240.